The van der Waals surface area contributed by atoms with Gasteiger partial charge in [-0.05, 0) is 48.6 Å². The van der Waals surface area contributed by atoms with Crippen molar-refractivity contribution in [3.05, 3.63) is 65.2 Å². The molecule has 0 aromatic heterocycles. The van der Waals surface area contributed by atoms with Gasteiger partial charge in [0.05, 0.1) is 6.10 Å². The molecule has 0 aliphatic carbocycles. The second-order valence-electron chi connectivity index (χ2n) is 6.84. The zero-order valence-electron chi connectivity index (χ0n) is 14.4. The van der Waals surface area contributed by atoms with Gasteiger partial charge in [-0.2, -0.15) is 0 Å². The van der Waals surface area contributed by atoms with Crippen molar-refractivity contribution in [1.82, 2.24) is 5.32 Å². The molecule has 0 spiro atoms. The molecule has 0 unspecified atom stereocenters. The van der Waals surface area contributed by atoms with Crippen molar-refractivity contribution in [1.29, 1.82) is 0 Å². The standard InChI is InChI=1S/C21H24N2O2/c24-21(22-14-19-5-3-13-25-19)18-9-7-16(8-10-18)15-23-12-11-17-4-1-2-6-20(17)23/h1-2,4,6-10,19H,3,5,11-15H2,(H,22,24)/t19-/m0/s1. The summed E-state index contributed by atoms with van der Waals surface area (Å²) in [6, 6.07) is 16.5. The summed E-state index contributed by atoms with van der Waals surface area (Å²) in [5, 5.41) is 2.97. The minimum absolute atomic E-state index is 0.0198. The van der Waals surface area contributed by atoms with E-state index < -0.39 is 0 Å². The van der Waals surface area contributed by atoms with E-state index in [-0.39, 0.29) is 12.0 Å². The molecule has 0 bridgehead atoms. The Hall–Kier alpha value is -2.33. The number of carbonyl (C=O) groups excluding carboxylic acids is 1. The molecule has 2 aliphatic heterocycles. The lowest BCUT2D eigenvalue weighted by molar-refractivity contribution is 0.0858. The zero-order valence-corrected chi connectivity index (χ0v) is 14.4. The molecule has 25 heavy (non-hydrogen) atoms. The molecule has 4 heteroatoms. The first-order chi connectivity index (χ1) is 12.3. The predicted molar refractivity (Wildman–Crippen MR) is 98.9 cm³/mol. The number of fused-ring (bicyclic) bond motifs is 1. The number of nitrogens with zero attached hydrogens (tertiary/aromatic N) is 1. The van der Waals surface area contributed by atoms with Crippen LogP contribution in [0, 0.1) is 0 Å². The van der Waals surface area contributed by atoms with Crippen LogP contribution in [-0.2, 0) is 17.7 Å². The summed E-state index contributed by atoms with van der Waals surface area (Å²) in [5.74, 6) is -0.0198. The molecule has 1 atom stereocenters. The Morgan fingerprint density at radius 3 is 2.80 bits per heavy atom. The fourth-order valence-electron chi connectivity index (χ4n) is 3.67. The number of carbonyl (C=O) groups is 1. The third-order valence-electron chi connectivity index (χ3n) is 5.09. The van der Waals surface area contributed by atoms with Crippen molar-refractivity contribution in [3.63, 3.8) is 0 Å². The molecule has 2 aromatic rings. The van der Waals surface area contributed by atoms with E-state index in [2.05, 4.69) is 46.6 Å². The van der Waals surface area contributed by atoms with E-state index in [1.807, 2.05) is 12.1 Å². The Kier molecular flexibility index (Phi) is 4.70. The first kappa shape index (κ1) is 16.2. The lowest BCUT2D eigenvalue weighted by Crippen LogP contribution is -2.31. The fraction of sp³-hybridized carbons (Fsp3) is 0.381. The Morgan fingerprint density at radius 2 is 2.00 bits per heavy atom. The Bertz CT molecular complexity index is 736. The Balaban J connectivity index is 1.35. The van der Waals surface area contributed by atoms with Crippen LogP contribution in [0.15, 0.2) is 48.5 Å². The average molecular weight is 336 g/mol. The second kappa shape index (κ2) is 7.28. The lowest BCUT2D eigenvalue weighted by atomic mass is 10.1. The van der Waals surface area contributed by atoms with Crippen LogP contribution in [0.5, 0.6) is 0 Å². The molecule has 4 rings (SSSR count). The summed E-state index contributed by atoms with van der Waals surface area (Å²) >= 11 is 0. The quantitative estimate of drug-likeness (QED) is 0.912. The SMILES string of the molecule is O=C(NC[C@@H]1CCCO1)c1ccc(CN2CCc3ccccc32)cc1. The highest BCUT2D eigenvalue weighted by Crippen LogP contribution is 2.28. The van der Waals surface area contributed by atoms with E-state index in [0.717, 1.165) is 39.0 Å². The topological polar surface area (TPSA) is 41.6 Å². The maximum Gasteiger partial charge on any atom is 0.251 e. The van der Waals surface area contributed by atoms with Crippen molar-refractivity contribution < 1.29 is 9.53 Å². The number of rotatable bonds is 5. The van der Waals surface area contributed by atoms with Crippen LogP contribution >= 0.6 is 0 Å². The van der Waals surface area contributed by atoms with Gasteiger partial charge in [0.1, 0.15) is 0 Å². The summed E-state index contributed by atoms with van der Waals surface area (Å²) < 4.78 is 5.54. The molecule has 0 radical (unpaired) electrons. The minimum Gasteiger partial charge on any atom is -0.376 e. The summed E-state index contributed by atoms with van der Waals surface area (Å²) in [7, 11) is 0. The van der Waals surface area contributed by atoms with Crippen LogP contribution in [0.4, 0.5) is 5.69 Å². The number of ether oxygens (including phenoxy) is 1. The van der Waals surface area contributed by atoms with E-state index >= 15 is 0 Å². The van der Waals surface area contributed by atoms with Gasteiger partial charge in [-0.1, -0.05) is 30.3 Å². The number of nitrogens with one attached hydrogen (secondary N) is 1. The van der Waals surface area contributed by atoms with Crippen LogP contribution < -0.4 is 10.2 Å². The van der Waals surface area contributed by atoms with Gasteiger partial charge in [0.25, 0.3) is 5.91 Å². The van der Waals surface area contributed by atoms with E-state index in [1.54, 1.807) is 0 Å². The number of para-hydroxylation sites is 1. The van der Waals surface area contributed by atoms with Crippen molar-refractivity contribution in [2.24, 2.45) is 0 Å². The van der Waals surface area contributed by atoms with Crippen molar-refractivity contribution in [2.45, 2.75) is 31.9 Å². The number of hydrogen-bond donors (Lipinski definition) is 1. The summed E-state index contributed by atoms with van der Waals surface area (Å²) in [6.45, 7) is 3.36. The van der Waals surface area contributed by atoms with Gasteiger partial charge in [-0.15, -0.1) is 0 Å². The van der Waals surface area contributed by atoms with E-state index in [0.29, 0.717) is 12.1 Å². The van der Waals surface area contributed by atoms with Crippen LogP contribution in [0.2, 0.25) is 0 Å². The maximum absolute atomic E-state index is 12.2. The van der Waals surface area contributed by atoms with Gasteiger partial charge < -0.3 is 15.0 Å². The number of hydrogen-bond acceptors (Lipinski definition) is 3. The molecule has 1 fully saturated rings. The van der Waals surface area contributed by atoms with Gasteiger partial charge in [0, 0.05) is 37.5 Å². The molecule has 2 heterocycles. The zero-order chi connectivity index (χ0) is 17.1. The number of amides is 1. The monoisotopic (exact) mass is 336 g/mol. The first-order valence-corrected chi connectivity index (χ1v) is 9.11. The third-order valence-corrected chi connectivity index (χ3v) is 5.09. The van der Waals surface area contributed by atoms with Crippen LogP contribution in [0.3, 0.4) is 0 Å². The average Bonchev–Trinajstić information content (AvgIpc) is 3.31. The third kappa shape index (κ3) is 3.69. The van der Waals surface area contributed by atoms with E-state index in [4.69, 9.17) is 4.74 Å². The van der Waals surface area contributed by atoms with Crippen molar-refractivity contribution >= 4 is 11.6 Å². The molecule has 0 saturated carbocycles. The largest absolute Gasteiger partial charge is 0.376 e. The van der Waals surface area contributed by atoms with Crippen LogP contribution in [0.25, 0.3) is 0 Å². The van der Waals surface area contributed by atoms with Crippen molar-refractivity contribution in [2.75, 3.05) is 24.6 Å². The molecule has 2 aromatic carbocycles. The molecule has 4 nitrogen and oxygen atoms in total. The van der Waals surface area contributed by atoms with Gasteiger partial charge >= 0.3 is 0 Å². The Labute approximate surface area is 148 Å². The normalized spacial score (nSPS) is 19.0. The lowest BCUT2D eigenvalue weighted by Gasteiger charge is -2.19. The summed E-state index contributed by atoms with van der Waals surface area (Å²) in [5.41, 5.74) is 4.70. The highest BCUT2D eigenvalue weighted by Gasteiger charge is 2.19. The van der Waals surface area contributed by atoms with Crippen molar-refractivity contribution in [3.8, 4) is 0 Å². The maximum atomic E-state index is 12.2. The molecule has 1 saturated heterocycles. The minimum atomic E-state index is -0.0198. The van der Waals surface area contributed by atoms with Crippen LogP contribution in [-0.4, -0.2) is 31.7 Å². The Morgan fingerprint density at radius 1 is 1.16 bits per heavy atom. The summed E-state index contributed by atoms with van der Waals surface area (Å²) in [4.78, 5) is 14.6. The second-order valence-corrected chi connectivity index (χ2v) is 6.84. The first-order valence-electron chi connectivity index (χ1n) is 9.11. The molecule has 1 N–H and O–H groups in total. The summed E-state index contributed by atoms with van der Waals surface area (Å²) in [6.07, 6.45) is 3.42. The number of benzene rings is 2. The fourth-order valence-corrected chi connectivity index (χ4v) is 3.67. The predicted octanol–water partition coefficient (Wildman–Crippen LogP) is 3.16. The smallest absolute Gasteiger partial charge is 0.251 e. The van der Waals surface area contributed by atoms with E-state index in [1.165, 1.54) is 16.8 Å². The van der Waals surface area contributed by atoms with E-state index in [9.17, 15) is 4.79 Å². The molecular weight excluding hydrogens is 312 g/mol. The highest BCUT2D eigenvalue weighted by molar-refractivity contribution is 5.94. The molecule has 2 aliphatic rings. The van der Waals surface area contributed by atoms with Crippen LogP contribution in [0.1, 0.15) is 34.3 Å². The molecule has 130 valence electrons. The molecule has 1 amide bonds. The van der Waals surface area contributed by atoms with Gasteiger partial charge in [0.2, 0.25) is 0 Å². The van der Waals surface area contributed by atoms with Gasteiger partial charge in [-0.3, -0.25) is 4.79 Å². The number of anilines is 1. The molecular formula is C21H24N2O2. The van der Waals surface area contributed by atoms with Gasteiger partial charge in [0.15, 0.2) is 0 Å². The van der Waals surface area contributed by atoms with Gasteiger partial charge in [-0.25, -0.2) is 0 Å². The highest BCUT2D eigenvalue weighted by atomic mass is 16.5.